The summed E-state index contributed by atoms with van der Waals surface area (Å²) in [5.41, 5.74) is 0.869. The van der Waals surface area contributed by atoms with E-state index in [4.69, 9.17) is 11.6 Å². The average molecular weight is 427 g/mol. The Morgan fingerprint density at radius 1 is 1.04 bits per heavy atom. The van der Waals surface area contributed by atoms with E-state index in [1.807, 2.05) is 0 Å². The van der Waals surface area contributed by atoms with Crippen LogP contribution < -0.4 is 0 Å². The molecule has 0 atom stereocenters. The molecule has 0 spiro atoms. The molecule has 0 fully saturated rings. The van der Waals surface area contributed by atoms with Crippen LogP contribution in [-0.2, 0) is 16.6 Å². The van der Waals surface area contributed by atoms with E-state index >= 15 is 0 Å². The predicted molar refractivity (Wildman–Crippen MR) is 108 cm³/mol. The van der Waals surface area contributed by atoms with E-state index in [1.165, 1.54) is 39.5 Å². The molecule has 0 bridgehead atoms. The zero-order chi connectivity index (χ0) is 20.9. The van der Waals surface area contributed by atoms with Crippen LogP contribution in [0.5, 0.6) is 0 Å². The van der Waals surface area contributed by atoms with Gasteiger partial charge in [0, 0.05) is 31.7 Å². The summed E-state index contributed by atoms with van der Waals surface area (Å²) < 4.78 is 40.4. The maximum absolute atomic E-state index is 13.4. The summed E-state index contributed by atoms with van der Waals surface area (Å²) in [7, 11) is -3.80. The van der Waals surface area contributed by atoms with Crippen LogP contribution in [0.15, 0.2) is 47.4 Å². The number of nitrogens with zero attached hydrogens (tertiary/aromatic N) is 2. The van der Waals surface area contributed by atoms with Crippen LogP contribution in [-0.4, -0.2) is 43.2 Å². The van der Waals surface area contributed by atoms with Crippen molar-refractivity contribution in [3.05, 3.63) is 64.4 Å². The van der Waals surface area contributed by atoms with Gasteiger partial charge in [-0.2, -0.15) is 4.31 Å². The molecule has 2 aromatic rings. The Morgan fingerprint density at radius 2 is 1.71 bits per heavy atom. The highest BCUT2D eigenvalue weighted by Gasteiger charge is 2.26. The van der Waals surface area contributed by atoms with Crippen LogP contribution in [0.3, 0.4) is 0 Å². The molecule has 0 aliphatic carbocycles. The Kier molecular flexibility index (Phi) is 7.57. The topological polar surface area (TPSA) is 57.7 Å². The Morgan fingerprint density at radius 3 is 2.29 bits per heavy atom. The Balaban J connectivity index is 2.37. The Hall–Kier alpha value is -1.96. The van der Waals surface area contributed by atoms with Crippen molar-refractivity contribution in [1.29, 1.82) is 0 Å². The zero-order valence-electron chi connectivity index (χ0n) is 16.2. The summed E-state index contributed by atoms with van der Waals surface area (Å²) in [5, 5.41) is 0.0663. The summed E-state index contributed by atoms with van der Waals surface area (Å²) in [4.78, 5) is 14.4. The lowest BCUT2D eigenvalue weighted by atomic mass is 10.1. The highest BCUT2D eigenvalue weighted by atomic mass is 35.5. The van der Waals surface area contributed by atoms with Crippen molar-refractivity contribution in [2.75, 3.05) is 19.6 Å². The number of benzene rings is 2. The van der Waals surface area contributed by atoms with E-state index < -0.39 is 10.0 Å². The van der Waals surface area contributed by atoms with Gasteiger partial charge in [-0.05, 0) is 42.8 Å². The van der Waals surface area contributed by atoms with Gasteiger partial charge in [0.2, 0.25) is 10.0 Å². The number of halogens is 2. The first-order valence-electron chi connectivity index (χ1n) is 9.07. The first-order chi connectivity index (χ1) is 13.2. The average Bonchev–Trinajstić information content (AvgIpc) is 2.66. The maximum Gasteiger partial charge on any atom is 0.254 e. The lowest BCUT2D eigenvalue weighted by Crippen LogP contribution is -2.32. The van der Waals surface area contributed by atoms with Crippen molar-refractivity contribution in [3.8, 4) is 0 Å². The molecule has 0 unspecified atom stereocenters. The molecule has 0 N–H and O–H groups in total. The summed E-state index contributed by atoms with van der Waals surface area (Å²) in [6, 6.07) is 10.3. The van der Waals surface area contributed by atoms with Crippen molar-refractivity contribution in [2.45, 2.75) is 32.2 Å². The molecule has 2 rings (SSSR count). The monoisotopic (exact) mass is 426 g/mol. The van der Waals surface area contributed by atoms with E-state index in [1.54, 1.807) is 32.9 Å². The lowest BCUT2D eigenvalue weighted by Gasteiger charge is -2.23. The second kappa shape index (κ2) is 9.49. The molecule has 0 radical (unpaired) electrons. The maximum atomic E-state index is 13.4. The van der Waals surface area contributed by atoms with E-state index in [9.17, 15) is 17.6 Å². The van der Waals surface area contributed by atoms with Gasteiger partial charge in [-0.15, -0.1) is 0 Å². The minimum Gasteiger partial charge on any atom is -0.335 e. The fourth-order valence-electron chi connectivity index (χ4n) is 2.90. The molecule has 0 aliphatic rings. The lowest BCUT2D eigenvalue weighted by molar-refractivity contribution is 0.0752. The predicted octanol–water partition coefficient (Wildman–Crippen LogP) is 4.17. The van der Waals surface area contributed by atoms with Crippen LogP contribution >= 0.6 is 11.6 Å². The van der Waals surface area contributed by atoms with Crippen LogP contribution in [0, 0.1) is 5.82 Å². The SMILES string of the molecule is CCN(Cc1cccc(F)c1)C(=O)c1ccc(Cl)c(S(=O)(=O)N(CC)CC)c1. The van der Waals surface area contributed by atoms with Gasteiger partial charge in [0.15, 0.2) is 0 Å². The molecule has 0 saturated heterocycles. The van der Waals surface area contributed by atoms with Gasteiger partial charge in [0.25, 0.3) is 5.91 Å². The molecule has 5 nitrogen and oxygen atoms in total. The second-order valence-electron chi connectivity index (χ2n) is 6.18. The van der Waals surface area contributed by atoms with Gasteiger partial charge in [0.05, 0.1) is 5.02 Å². The molecule has 0 aliphatic heterocycles. The first-order valence-corrected chi connectivity index (χ1v) is 10.9. The van der Waals surface area contributed by atoms with Crippen LogP contribution in [0.2, 0.25) is 5.02 Å². The number of hydrogen-bond donors (Lipinski definition) is 0. The third-order valence-corrected chi connectivity index (χ3v) is 6.96. The summed E-state index contributed by atoms with van der Waals surface area (Å²) >= 11 is 6.13. The van der Waals surface area contributed by atoms with Crippen LogP contribution in [0.4, 0.5) is 4.39 Å². The smallest absolute Gasteiger partial charge is 0.254 e. The van der Waals surface area contributed by atoms with Crippen molar-refractivity contribution in [1.82, 2.24) is 9.21 Å². The molecular formula is C20H24ClFN2O3S. The van der Waals surface area contributed by atoms with E-state index in [-0.39, 0.29) is 33.8 Å². The van der Waals surface area contributed by atoms with E-state index in [0.717, 1.165) is 0 Å². The molecular weight excluding hydrogens is 403 g/mol. The normalized spacial score (nSPS) is 11.6. The Labute approximate surface area is 170 Å². The van der Waals surface area contributed by atoms with Gasteiger partial charge in [-0.3, -0.25) is 4.79 Å². The van der Waals surface area contributed by atoms with Gasteiger partial charge < -0.3 is 4.90 Å². The first kappa shape index (κ1) is 22.3. The van der Waals surface area contributed by atoms with Crippen molar-refractivity contribution >= 4 is 27.5 Å². The number of sulfonamides is 1. The number of amides is 1. The van der Waals surface area contributed by atoms with Crippen molar-refractivity contribution in [3.63, 3.8) is 0 Å². The standard InChI is InChI=1S/C20H24ClFN2O3S/c1-4-23(14-15-8-7-9-17(22)12-15)20(25)16-10-11-18(21)19(13-16)28(26,27)24(5-2)6-3/h7-13H,4-6,14H2,1-3H3. The molecule has 0 saturated carbocycles. The van der Waals surface area contributed by atoms with Crippen LogP contribution in [0.25, 0.3) is 0 Å². The quantitative estimate of drug-likeness (QED) is 0.636. The zero-order valence-corrected chi connectivity index (χ0v) is 17.7. The molecule has 0 aromatic heterocycles. The molecule has 0 heterocycles. The third kappa shape index (κ3) is 4.90. The largest absolute Gasteiger partial charge is 0.335 e. The van der Waals surface area contributed by atoms with Crippen LogP contribution in [0.1, 0.15) is 36.7 Å². The third-order valence-electron chi connectivity index (χ3n) is 4.43. The van der Waals surface area contributed by atoms with Gasteiger partial charge in [0.1, 0.15) is 10.7 Å². The highest BCUT2D eigenvalue weighted by Crippen LogP contribution is 2.26. The summed E-state index contributed by atoms with van der Waals surface area (Å²) in [6.45, 7) is 6.48. The van der Waals surface area contributed by atoms with Gasteiger partial charge in [-0.25, -0.2) is 12.8 Å². The fraction of sp³-hybridized carbons (Fsp3) is 0.350. The van der Waals surface area contributed by atoms with E-state index in [2.05, 4.69) is 0 Å². The van der Waals surface area contributed by atoms with Gasteiger partial charge >= 0.3 is 0 Å². The molecule has 2 aromatic carbocycles. The number of carbonyl (C=O) groups is 1. The van der Waals surface area contributed by atoms with E-state index in [0.29, 0.717) is 25.2 Å². The fourth-order valence-corrected chi connectivity index (χ4v) is 4.86. The highest BCUT2D eigenvalue weighted by molar-refractivity contribution is 7.89. The molecule has 1 amide bonds. The molecule has 8 heteroatoms. The summed E-state index contributed by atoms with van der Waals surface area (Å²) in [6.07, 6.45) is 0. The minimum absolute atomic E-state index is 0.0663. The van der Waals surface area contributed by atoms with Gasteiger partial charge in [-0.1, -0.05) is 37.6 Å². The number of rotatable bonds is 8. The number of hydrogen-bond acceptors (Lipinski definition) is 3. The molecule has 28 heavy (non-hydrogen) atoms. The second-order valence-corrected chi connectivity index (χ2v) is 8.50. The number of carbonyl (C=O) groups excluding carboxylic acids is 1. The Bertz CT molecular complexity index is 946. The van der Waals surface area contributed by atoms with Crippen molar-refractivity contribution < 1.29 is 17.6 Å². The minimum atomic E-state index is -3.80. The molecule has 152 valence electrons. The summed E-state index contributed by atoms with van der Waals surface area (Å²) in [5.74, 6) is -0.723. The van der Waals surface area contributed by atoms with Crippen molar-refractivity contribution in [2.24, 2.45) is 0 Å².